The van der Waals surface area contributed by atoms with E-state index in [9.17, 15) is 14.4 Å². The van der Waals surface area contributed by atoms with Crippen molar-refractivity contribution in [3.05, 3.63) is 0 Å². The zero-order valence-electron chi connectivity index (χ0n) is 8.99. The molecule has 2 N–H and O–H groups in total. The fourth-order valence-electron chi connectivity index (χ4n) is 2.08. The lowest BCUT2D eigenvalue weighted by molar-refractivity contribution is -0.146. The summed E-state index contributed by atoms with van der Waals surface area (Å²) in [7, 11) is 0. The molecule has 0 aromatic rings. The lowest BCUT2D eigenvalue weighted by Crippen LogP contribution is -2.58. The van der Waals surface area contributed by atoms with Crippen LogP contribution in [-0.2, 0) is 14.4 Å². The van der Waals surface area contributed by atoms with Gasteiger partial charge in [0.15, 0.2) is 0 Å². The number of piperidine rings is 1. The van der Waals surface area contributed by atoms with Crippen LogP contribution in [0.25, 0.3) is 0 Å². The number of nitrogens with one attached hydrogen (secondary N) is 2. The van der Waals surface area contributed by atoms with Crippen LogP contribution in [-0.4, -0.2) is 48.3 Å². The molecule has 0 aromatic heterocycles. The summed E-state index contributed by atoms with van der Waals surface area (Å²) in [6.45, 7) is 0.801. The molecule has 1 atom stereocenters. The van der Waals surface area contributed by atoms with Crippen molar-refractivity contribution < 1.29 is 14.4 Å². The number of piperazine rings is 1. The van der Waals surface area contributed by atoms with E-state index in [1.165, 1.54) is 4.90 Å². The first-order valence-corrected chi connectivity index (χ1v) is 5.51. The van der Waals surface area contributed by atoms with Crippen LogP contribution in [0.15, 0.2) is 0 Å². The third kappa shape index (κ3) is 2.38. The first-order chi connectivity index (χ1) is 7.66. The standard InChI is InChI=1S/C10H15N3O3/c14-8-5-13(6-9(15)12-8)10(16)7-3-1-2-4-11-7/h7,11H,1-6H2,(H,12,14,15)/t7-/m0/s1. The second-order valence-electron chi connectivity index (χ2n) is 4.17. The van der Waals surface area contributed by atoms with Crippen molar-refractivity contribution in [1.82, 2.24) is 15.5 Å². The molecule has 0 aromatic carbocycles. The van der Waals surface area contributed by atoms with Gasteiger partial charge in [0, 0.05) is 0 Å². The summed E-state index contributed by atoms with van der Waals surface area (Å²) in [5, 5.41) is 5.29. The predicted molar refractivity (Wildman–Crippen MR) is 55.4 cm³/mol. The minimum absolute atomic E-state index is 0.0112. The molecule has 0 radical (unpaired) electrons. The molecular weight excluding hydrogens is 210 g/mol. The number of hydrogen-bond acceptors (Lipinski definition) is 4. The molecular formula is C10H15N3O3. The maximum absolute atomic E-state index is 12.0. The largest absolute Gasteiger partial charge is 0.323 e. The first-order valence-electron chi connectivity index (χ1n) is 5.51. The highest BCUT2D eigenvalue weighted by Gasteiger charge is 2.31. The zero-order chi connectivity index (χ0) is 11.5. The second-order valence-corrected chi connectivity index (χ2v) is 4.17. The van der Waals surface area contributed by atoms with Crippen LogP contribution in [0.4, 0.5) is 0 Å². The number of amides is 3. The Balaban J connectivity index is 1.97. The number of rotatable bonds is 1. The molecule has 3 amide bonds. The molecule has 2 rings (SSSR count). The maximum Gasteiger partial charge on any atom is 0.246 e. The number of imide groups is 1. The molecule has 88 valence electrons. The van der Waals surface area contributed by atoms with Crippen LogP contribution in [0.1, 0.15) is 19.3 Å². The minimum Gasteiger partial charge on any atom is -0.323 e. The maximum atomic E-state index is 12.0. The summed E-state index contributed by atoms with van der Waals surface area (Å²) in [4.78, 5) is 35.5. The predicted octanol–water partition coefficient (Wildman–Crippen LogP) is -1.39. The Labute approximate surface area is 93.4 Å². The van der Waals surface area contributed by atoms with E-state index in [4.69, 9.17) is 0 Å². The molecule has 0 unspecified atom stereocenters. The van der Waals surface area contributed by atoms with Crippen molar-refractivity contribution in [3.8, 4) is 0 Å². The lowest BCUT2D eigenvalue weighted by Gasteiger charge is -2.31. The summed E-state index contributed by atoms with van der Waals surface area (Å²) < 4.78 is 0. The summed E-state index contributed by atoms with van der Waals surface area (Å²) >= 11 is 0. The molecule has 2 heterocycles. The normalized spacial score (nSPS) is 26.5. The zero-order valence-corrected chi connectivity index (χ0v) is 8.99. The Morgan fingerprint density at radius 1 is 1.19 bits per heavy atom. The van der Waals surface area contributed by atoms with Crippen molar-refractivity contribution >= 4 is 17.7 Å². The molecule has 16 heavy (non-hydrogen) atoms. The van der Waals surface area contributed by atoms with E-state index in [-0.39, 0.29) is 25.0 Å². The van der Waals surface area contributed by atoms with E-state index in [2.05, 4.69) is 10.6 Å². The Hall–Kier alpha value is -1.43. The highest BCUT2D eigenvalue weighted by molar-refractivity contribution is 6.03. The summed E-state index contributed by atoms with van der Waals surface area (Å²) in [6.07, 6.45) is 2.87. The molecule has 6 nitrogen and oxygen atoms in total. The van der Waals surface area contributed by atoms with E-state index in [0.29, 0.717) is 0 Å². The van der Waals surface area contributed by atoms with Gasteiger partial charge >= 0.3 is 0 Å². The van der Waals surface area contributed by atoms with Gasteiger partial charge in [-0.3, -0.25) is 19.7 Å². The van der Waals surface area contributed by atoms with E-state index < -0.39 is 11.8 Å². The molecule has 2 saturated heterocycles. The van der Waals surface area contributed by atoms with Gasteiger partial charge in [-0.15, -0.1) is 0 Å². The van der Waals surface area contributed by atoms with Gasteiger partial charge in [0.2, 0.25) is 17.7 Å². The number of nitrogens with zero attached hydrogens (tertiary/aromatic N) is 1. The van der Waals surface area contributed by atoms with Crippen molar-refractivity contribution in [2.45, 2.75) is 25.3 Å². The molecule has 0 aliphatic carbocycles. The van der Waals surface area contributed by atoms with E-state index in [1.807, 2.05) is 0 Å². The van der Waals surface area contributed by atoms with Crippen molar-refractivity contribution in [2.24, 2.45) is 0 Å². The lowest BCUT2D eigenvalue weighted by atomic mass is 10.0. The monoisotopic (exact) mass is 225 g/mol. The van der Waals surface area contributed by atoms with Crippen molar-refractivity contribution in [3.63, 3.8) is 0 Å². The van der Waals surface area contributed by atoms with Gasteiger partial charge < -0.3 is 10.2 Å². The molecule has 0 spiro atoms. The Kier molecular flexibility index (Phi) is 3.19. The minimum atomic E-state index is -0.402. The highest BCUT2D eigenvalue weighted by Crippen LogP contribution is 2.10. The number of carbonyl (C=O) groups excluding carboxylic acids is 3. The van der Waals surface area contributed by atoms with Crippen molar-refractivity contribution in [2.75, 3.05) is 19.6 Å². The molecule has 0 saturated carbocycles. The molecule has 2 aliphatic rings. The highest BCUT2D eigenvalue weighted by atomic mass is 16.2. The average Bonchev–Trinajstić information content (AvgIpc) is 2.28. The first kappa shape index (κ1) is 11.1. The average molecular weight is 225 g/mol. The van der Waals surface area contributed by atoms with Gasteiger partial charge in [0.1, 0.15) is 13.1 Å². The summed E-state index contributed by atoms with van der Waals surface area (Å²) in [5.41, 5.74) is 0. The quantitative estimate of drug-likeness (QED) is 0.539. The van der Waals surface area contributed by atoms with Crippen LogP contribution >= 0.6 is 0 Å². The summed E-state index contributed by atoms with van der Waals surface area (Å²) in [5.74, 6) is -0.941. The van der Waals surface area contributed by atoms with Gasteiger partial charge in [0.25, 0.3) is 0 Å². The van der Waals surface area contributed by atoms with Crippen LogP contribution in [0.2, 0.25) is 0 Å². The Morgan fingerprint density at radius 3 is 2.44 bits per heavy atom. The van der Waals surface area contributed by atoms with E-state index in [1.54, 1.807) is 0 Å². The van der Waals surface area contributed by atoms with Gasteiger partial charge in [-0.25, -0.2) is 0 Å². The van der Waals surface area contributed by atoms with E-state index >= 15 is 0 Å². The molecule has 2 aliphatic heterocycles. The van der Waals surface area contributed by atoms with E-state index in [0.717, 1.165) is 25.8 Å². The smallest absolute Gasteiger partial charge is 0.246 e. The van der Waals surface area contributed by atoms with Crippen LogP contribution in [0.3, 0.4) is 0 Å². The van der Waals surface area contributed by atoms with Crippen LogP contribution < -0.4 is 10.6 Å². The fourth-order valence-corrected chi connectivity index (χ4v) is 2.08. The fraction of sp³-hybridized carbons (Fsp3) is 0.700. The third-order valence-corrected chi connectivity index (χ3v) is 2.87. The van der Waals surface area contributed by atoms with Gasteiger partial charge in [0.05, 0.1) is 6.04 Å². The van der Waals surface area contributed by atoms with Gasteiger partial charge in [-0.1, -0.05) is 6.42 Å². The SMILES string of the molecule is O=C1CN(C(=O)[C@@H]2CCCCN2)CC(=O)N1. The number of carbonyl (C=O) groups is 3. The second kappa shape index (κ2) is 4.61. The Bertz CT molecular complexity index is 307. The van der Waals surface area contributed by atoms with Crippen LogP contribution in [0.5, 0.6) is 0 Å². The van der Waals surface area contributed by atoms with Crippen LogP contribution in [0, 0.1) is 0 Å². The Morgan fingerprint density at radius 2 is 1.88 bits per heavy atom. The molecule has 2 fully saturated rings. The van der Waals surface area contributed by atoms with Gasteiger partial charge in [-0.05, 0) is 19.4 Å². The van der Waals surface area contributed by atoms with Gasteiger partial charge in [-0.2, -0.15) is 0 Å². The molecule has 6 heteroatoms. The third-order valence-electron chi connectivity index (χ3n) is 2.87. The topological polar surface area (TPSA) is 78.5 Å². The number of hydrogen-bond donors (Lipinski definition) is 2. The van der Waals surface area contributed by atoms with Crippen molar-refractivity contribution in [1.29, 1.82) is 0 Å². The summed E-state index contributed by atoms with van der Waals surface area (Å²) in [6, 6.07) is -0.229. The molecule has 0 bridgehead atoms.